The molecule has 54 heavy (non-hydrogen) atoms. The van der Waals surface area contributed by atoms with Crippen LogP contribution in [-0.2, 0) is 0 Å². The highest BCUT2D eigenvalue weighted by atomic mass is 15.0. The number of fused-ring (bicyclic) bond motifs is 7. The Morgan fingerprint density at radius 3 is 1.46 bits per heavy atom. The summed E-state index contributed by atoms with van der Waals surface area (Å²) in [7, 11) is 0. The van der Waals surface area contributed by atoms with Gasteiger partial charge in [-0.05, 0) is 65.7 Å². The summed E-state index contributed by atoms with van der Waals surface area (Å²) in [6.07, 6.45) is 0. The summed E-state index contributed by atoms with van der Waals surface area (Å²) in [6.45, 7) is 0. The van der Waals surface area contributed by atoms with E-state index in [0.717, 1.165) is 55.7 Å². The summed E-state index contributed by atoms with van der Waals surface area (Å²) in [5.41, 5.74) is 13.1. The highest BCUT2D eigenvalue weighted by molar-refractivity contribution is 6.19. The van der Waals surface area contributed by atoms with E-state index in [-0.39, 0.29) is 0 Å². The van der Waals surface area contributed by atoms with Crippen molar-refractivity contribution >= 4 is 54.5 Å². The van der Waals surface area contributed by atoms with Crippen LogP contribution >= 0.6 is 0 Å². The third kappa shape index (κ3) is 4.78. The molecule has 0 amide bonds. The van der Waals surface area contributed by atoms with E-state index in [9.17, 15) is 0 Å². The van der Waals surface area contributed by atoms with E-state index in [2.05, 4.69) is 191 Å². The molecule has 0 unspecified atom stereocenters. The second-order valence-electron chi connectivity index (χ2n) is 13.8. The zero-order valence-electron chi connectivity index (χ0n) is 29.3. The van der Waals surface area contributed by atoms with E-state index >= 15 is 0 Å². The minimum absolute atomic E-state index is 0.703. The average Bonchev–Trinajstić information content (AvgIpc) is 3.75. The maximum Gasteiger partial charge on any atom is 0.160 e. The molecule has 8 aromatic carbocycles. The molecule has 0 aliphatic rings. The Hall–Kier alpha value is -7.30. The van der Waals surface area contributed by atoms with E-state index < -0.39 is 0 Å². The molecule has 0 bridgehead atoms. The number of hydrogen-bond donors (Lipinski definition) is 0. The predicted octanol–water partition coefficient (Wildman–Crippen LogP) is 12.8. The summed E-state index contributed by atoms with van der Waals surface area (Å²) in [6, 6.07) is 69.0. The number of benzene rings is 8. The van der Waals surface area contributed by atoms with Gasteiger partial charge in [0.25, 0.3) is 0 Å². The third-order valence-corrected chi connectivity index (χ3v) is 10.7. The maximum atomic E-state index is 5.27. The average molecular weight is 689 g/mol. The lowest BCUT2D eigenvalue weighted by Gasteiger charge is -2.13. The van der Waals surface area contributed by atoms with Crippen molar-refractivity contribution in [2.45, 2.75) is 0 Å². The first-order valence-corrected chi connectivity index (χ1v) is 18.3. The molecule has 0 saturated carbocycles. The van der Waals surface area contributed by atoms with E-state index in [0.29, 0.717) is 5.82 Å². The van der Waals surface area contributed by atoms with Crippen LogP contribution in [0.2, 0.25) is 0 Å². The lowest BCUT2D eigenvalue weighted by Crippen LogP contribution is -1.99. The molecule has 0 spiro atoms. The summed E-state index contributed by atoms with van der Waals surface area (Å²) in [5.74, 6) is 0.703. The van der Waals surface area contributed by atoms with Gasteiger partial charge in [0, 0.05) is 49.4 Å². The van der Waals surface area contributed by atoms with Crippen molar-refractivity contribution in [3.8, 4) is 45.1 Å². The van der Waals surface area contributed by atoms with Gasteiger partial charge in [0.2, 0.25) is 0 Å². The number of hydrogen-bond acceptors (Lipinski definition) is 2. The smallest absolute Gasteiger partial charge is 0.160 e. The molecule has 0 N–H and O–H groups in total. The van der Waals surface area contributed by atoms with Crippen LogP contribution in [0.5, 0.6) is 0 Å². The number of rotatable bonds is 5. The van der Waals surface area contributed by atoms with E-state index in [1.807, 2.05) is 12.1 Å². The second kappa shape index (κ2) is 12.1. The van der Waals surface area contributed by atoms with Gasteiger partial charge in [0.1, 0.15) is 0 Å². The fourth-order valence-corrected chi connectivity index (χ4v) is 8.21. The Morgan fingerprint density at radius 1 is 0.296 bits per heavy atom. The van der Waals surface area contributed by atoms with Crippen molar-refractivity contribution in [3.05, 3.63) is 194 Å². The molecule has 0 atom stereocenters. The van der Waals surface area contributed by atoms with Crippen LogP contribution in [0.4, 0.5) is 0 Å². The van der Waals surface area contributed by atoms with Gasteiger partial charge < -0.3 is 9.13 Å². The van der Waals surface area contributed by atoms with Gasteiger partial charge in [-0.2, -0.15) is 0 Å². The van der Waals surface area contributed by atoms with Crippen LogP contribution in [0.15, 0.2) is 194 Å². The zero-order valence-corrected chi connectivity index (χ0v) is 29.3. The molecule has 0 radical (unpaired) electrons. The van der Waals surface area contributed by atoms with Crippen molar-refractivity contribution in [2.75, 3.05) is 0 Å². The molecular weight excluding hydrogens is 657 g/mol. The Morgan fingerprint density at radius 2 is 0.815 bits per heavy atom. The zero-order chi connectivity index (χ0) is 35.6. The van der Waals surface area contributed by atoms with Crippen LogP contribution < -0.4 is 0 Å². The van der Waals surface area contributed by atoms with E-state index in [4.69, 9.17) is 9.97 Å². The van der Waals surface area contributed by atoms with Crippen molar-refractivity contribution in [3.63, 3.8) is 0 Å². The van der Waals surface area contributed by atoms with Crippen LogP contribution in [0, 0.1) is 0 Å². The molecule has 0 aliphatic heterocycles. The second-order valence-corrected chi connectivity index (χ2v) is 13.8. The van der Waals surface area contributed by atoms with Crippen molar-refractivity contribution < 1.29 is 0 Å². The first kappa shape index (κ1) is 30.3. The van der Waals surface area contributed by atoms with E-state index in [1.165, 1.54) is 38.1 Å². The van der Waals surface area contributed by atoms with Crippen LogP contribution in [0.25, 0.3) is 99.7 Å². The van der Waals surface area contributed by atoms with Gasteiger partial charge in [-0.15, -0.1) is 0 Å². The minimum Gasteiger partial charge on any atom is -0.309 e. The predicted molar refractivity (Wildman–Crippen MR) is 225 cm³/mol. The highest BCUT2D eigenvalue weighted by Gasteiger charge is 2.19. The van der Waals surface area contributed by atoms with Gasteiger partial charge in [0.15, 0.2) is 5.82 Å². The van der Waals surface area contributed by atoms with Gasteiger partial charge in [-0.3, -0.25) is 0 Å². The van der Waals surface area contributed by atoms with Crippen molar-refractivity contribution in [2.24, 2.45) is 0 Å². The van der Waals surface area contributed by atoms with Crippen molar-refractivity contribution in [1.82, 2.24) is 19.1 Å². The van der Waals surface area contributed by atoms with Crippen LogP contribution in [-0.4, -0.2) is 19.1 Å². The van der Waals surface area contributed by atoms with Gasteiger partial charge >= 0.3 is 0 Å². The minimum atomic E-state index is 0.703. The molecule has 4 heteroatoms. The first-order valence-electron chi connectivity index (χ1n) is 18.3. The highest BCUT2D eigenvalue weighted by Crippen LogP contribution is 2.40. The van der Waals surface area contributed by atoms with E-state index in [1.54, 1.807) is 0 Å². The molecule has 0 saturated heterocycles. The summed E-state index contributed by atoms with van der Waals surface area (Å²) < 4.78 is 4.79. The lowest BCUT2D eigenvalue weighted by molar-refractivity contribution is 1.16. The lowest BCUT2D eigenvalue weighted by atomic mass is 10.0. The Kier molecular flexibility index (Phi) is 6.82. The number of aromatic nitrogens is 4. The Labute approximate surface area is 311 Å². The summed E-state index contributed by atoms with van der Waals surface area (Å²) in [4.78, 5) is 10.5. The Bertz CT molecular complexity index is 3180. The first-order chi connectivity index (χ1) is 26.8. The number of nitrogens with zero attached hydrogens (tertiary/aromatic N) is 4. The molecule has 3 heterocycles. The fourth-order valence-electron chi connectivity index (χ4n) is 8.21. The third-order valence-electron chi connectivity index (χ3n) is 10.7. The standard InChI is InChI=1S/C50H32N4/c1-4-14-33(15-5-1)34-24-26-36(27-25-34)50-51-44-30-38(28-29-41(44)49(52-50)35-16-6-2-7-17-35)54-46-23-13-11-21-40(46)43-31-42-39-20-10-12-22-45(39)53(47(42)32-48(43)54)37-18-8-3-9-19-37/h1-32H. The Balaban J connectivity index is 1.16. The summed E-state index contributed by atoms with van der Waals surface area (Å²) >= 11 is 0. The molecule has 11 aromatic rings. The molecule has 252 valence electrons. The fraction of sp³-hybridized carbons (Fsp3) is 0. The SMILES string of the molecule is c1ccc(-c2ccc(-c3nc(-c4ccccc4)c4ccc(-n5c6ccccc6c6cc7c8ccccc8n(-c8ccccc8)c7cc65)cc4n3)cc2)cc1. The normalized spacial score (nSPS) is 11.7. The van der Waals surface area contributed by atoms with Gasteiger partial charge in [0.05, 0.1) is 33.3 Å². The van der Waals surface area contributed by atoms with Crippen molar-refractivity contribution in [1.29, 1.82) is 0 Å². The maximum absolute atomic E-state index is 5.27. The van der Waals surface area contributed by atoms with Crippen LogP contribution in [0.1, 0.15) is 0 Å². The van der Waals surface area contributed by atoms with Crippen LogP contribution in [0.3, 0.4) is 0 Å². The molecule has 0 aliphatic carbocycles. The topological polar surface area (TPSA) is 35.6 Å². The summed E-state index contributed by atoms with van der Waals surface area (Å²) in [5, 5.41) is 5.95. The largest absolute Gasteiger partial charge is 0.309 e. The number of para-hydroxylation sites is 3. The molecule has 4 nitrogen and oxygen atoms in total. The molecule has 3 aromatic heterocycles. The molecule has 11 rings (SSSR count). The van der Waals surface area contributed by atoms with Gasteiger partial charge in [-0.25, -0.2) is 9.97 Å². The molecule has 0 fully saturated rings. The molecular formula is C50H32N4. The monoisotopic (exact) mass is 688 g/mol. The quantitative estimate of drug-likeness (QED) is 0.180. The van der Waals surface area contributed by atoms with Gasteiger partial charge in [-0.1, -0.05) is 140 Å².